The number of hydrogen-bond donors (Lipinski definition) is 3. The predicted molar refractivity (Wildman–Crippen MR) is 112 cm³/mol. The number of hydrogen-bond acceptors (Lipinski definition) is 5. The number of aliphatic hydroxyl groups is 1. The summed E-state index contributed by atoms with van der Waals surface area (Å²) in [5.74, 6) is 1.58. The number of likely N-dealkylation sites (N-methyl/N-ethyl adjacent to an activating group) is 1. The number of guanidine groups is 1. The Hall–Kier alpha value is -3.00. The second-order valence-corrected chi connectivity index (χ2v) is 7.02. The third-order valence-electron chi connectivity index (χ3n) is 4.18. The summed E-state index contributed by atoms with van der Waals surface area (Å²) in [4.78, 5) is 17.7. The minimum Gasteiger partial charge on any atom is -0.484 e. The third kappa shape index (κ3) is 7.15. The van der Waals surface area contributed by atoms with Gasteiger partial charge in [-0.2, -0.15) is 0 Å². The van der Waals surface area contributed by atoms with Crippen LogP contribution >= 0.6 is 0 Å². The van der Waals surface area contributed by atoms with Gasteiger partial charge in [0.2, 0.25) is 0 Å². The number of furan rings is 1. The van der Waals surface area contributed by atoms with Gasteiger partial charge in [0, 0.05) is 20.6 Å². The first-order valence-corrected chi connectivity index (χ1v) is 9.52. The number of carbonyl (C=O) groups is 1. The first-order chi connectivity index (χ1) is 13.8. The van der Waals surface area contributed by atoms with Crippen molar-refractivity contribution in [3.05, 3.63) is 54.0 Å². The zero-order valence-electron chi connectivity index (χ0n) is 17.4. The van der Waals surface area contributed by atoms with Crippen LogP contribution in [-0.4, -0.2) is 55.7 Å². The summed E-state index contributed by atoms with van der Waals surface area (Å²) in [6.07, 6.45) is 1.53. The van der Waals surface area contributed by atoms with Crippen LogP contribution in [0.25, 0.3) is 0 Å². The molecule has 3 N–H and O–H groups in total. The monoisotopic (exact) mass is 402 g/mol. The van der Waals surface area contributed by atoms with E-state index in [4.69, 9.17) is 9.15 Å². The molecule has 2 rings (SSSR count). The molecule has 0 saturated heterocycles. The normalized spacial score (nSPS) is 13.5. The molecule has 0 fully saturated rings. The van der Waals surface area contributed by atoms with Crippen LogP contribution in [0.5, 0.6) is 5.75 Å². The van der Waals surface area contributed by atoms with Gasteiger partial charge in [0.1, 0.15) is 17.1 Å². The Labute approximate surface area is 171 Å². The quantitative estimate of drug-likeness (QED) is 0.436. The Morgan fingerprint density at radius 1 is 1.28 bits per heavy atom. The molecule has 29 heavy (non-hydrogen) atoms. The minimum absolute atomic E-state index is 0.00816. The summed E-state index contributed by atoms with van der Waals surface area (Å²) in [6.45, 7) is 4.98. The van der Waals surface area contributed by atoms with Crippen molar-refractivity contribution >= 4 is 11.9 Å². The van der Waals surface area contributed by atoms with E-state index in [1.165, 1.54) is 11.2 Å². The summed E-state index contributed by atoms with van der Waals surface area (Å²) in [5.41, 5.74) is -0.221. The molecular formula is C21H30N4O4. The van der Waals surface area contributed by atoms with Crippen molar-refractivity contribution in [1.29, 1.82) is 0 Å². The van der Waals surface area contributed by atoms with E-state index in [1.54, 1.807) is 39.2 Å². The van der Waals surface area contributed by atoms with Crippen molar-refractivity contribution in [2.75, 3.05) is 33.8 Å². The second-order valence-electron chi connectivity index (χ2n) is 7.02. The maximum Gasteiger partial charge on any atom is 0.259 e. The van der Waals surface area contributed by atoms with Crippen molar-refractivity contribution in [1.82, 2.24) is 15.5 Å². The fraction of sp³-hybridized carbons (Fsp3) is 0.429. The number of nitrogens with zero attached hydrogens (tertiary/aromatic N) is 2. The highest BCUT2D eigenvalue weighted by Crippen LogP contribution is 2.19. The maximum absolute atomic E-state index is 11.7. The molecule has 0 aliphatic rings. The van der Waals surface area contributed by atoms with Crippen LogP contribution in [-0.2, 0) is 16.9 Å². The zero-order chi connectivity index (χ0) is 21.3. The molecular weight excluding hydrogens is 372 g/mol. The lowest BCUT2D eigenvalue weighted by Crippen LogP contribution is -2.44. The molecule has 0 aliphatic heterocycles. The zero-order valence-corrected chi connectivity index (χ0v) is 17.4. The first kappa shape index (κ1) is 22.3. The summed E-state index contributed by atoms with van der Waals surface area (Å²) < 4.78 is 10.8. The number of aliphatic imine (C=N–C) groups is 1. The lowest BCUT2D eigenvalue weighted by atomic mass is 10.0. The number of carbonyl (C=O) groups excluding carboxylic acids is 1. The Morgan fingerprint density at radius 2 is 2.07 bits per heavy atom. The molecule has 0 saturated carbocycles. The molecule has 8 nitrogen and oxygen atoms in total. The number of nitrogens with one attached hydrogen (secondary N) is 2. The molecule has 0 bridgehead atoms. The smallest absolute Gasteiger partial charge is 0.259 e. The fourth-order valence-corrected chi connectivity index (χ4v) is 2.45. The van der Waals surface area contributed by atoms with E-state index in [1.807, 2.05) is 25.1 Å². The van der Waals surface area contributed by atoms with Crippen molar-refractivity contribution in [3.8, 4) is 5.75 Å². The van der Waals surface area contributed by atoms with Crippen molar-refractivity contribution in [3.63, 3.8) is 0 Å². The topological polar surface area (TPSA) is 99.3 Å². The Morgan fingerprint density at radius 3 is 2.72 bits per heavy atom. The molecule has 1 atom stereocenters. The highest BCUT2D eigenvalue weighted by molar-refractivity contribution is 5.79. The largest absolute Gasteiger partial charge is 0.484 e. The van der Waals surface area contributed by atoms with Gasteiger partial charge < -0.3 is 29.8 Å². The van der Waals surface area contributed by atoms with Gasteiger partial charge in [-0.1, -0.05) is 12.1 Å². The average Bonchev–Trinajstić information content (AvgIpc) is 3.24. The van der Waals surface area contributed by atoms with Crippen LogP contribution in [0.2, 0.25) is 0 Å². The first-order valence-electron chi connectivity index (χ1n) is 9.52. The molecule has 158 valence electrons. The van der Waals surface area contributed by atoms with Gasteiger partial charge in [-0.15, -0.1) is 0 Å². The van der Waals surface area contributed by atoms with E-state index in [0.29, 0.717) is 30.6 Å². The van der Waals surface area contributed by atoms with Gasteiger partial charge >= 0.3 is 0 Å². The minimum atomic E-state index is -1.16. The van der Waals surface area contributed by atoms with Crippen LogP contribution in [0.1, 0.15) is 25.2 Å². The van der Waals surface area contributed by atoms with Gasteiger partial charge in [0.25, 0.3) is 5.91 Å². The summed E-state index contributed by atoms with van der Waals surface area (Å²) in [6, 6.07) is 10.9. The van der Waals surface area contributed by atoms with Crippen LogP contribution in [0.4, 0.5) is 0 Å². The highest BCUT2D eigenvalue weighted by atomic mass is 16.5. The number of rotatable bonds is 9. The van der Waals surface area contributed by atoms with E-state index in [9.17, 15) is 9.90 Å². The third-order valence-corrected chi connectivity index (χ3v) is 4.18. The van der Waals surface area contributed by atoms with Crippen molar-refractivity contribution in [2.45, 2.75) is 26.0 Å². The van der Waals surface area contributed by atoms with Crippen LogP contribution in [0.3, 0.4) is 0 Å². The van der Waals surface area contributed by atoms with Crippen molar-refractivity contribution in [2.24, 2.45) is 4.99 Å². The lowest BCUT2D eigenvalue weighted by molar-refractivity contribution is -0.130. The van der Waals surface area contributed by atoms with Gasteiger partial charge in [0.15, 0.2) is 12.6 Å². The van der Waals surface area contributed by atoms with Gasteiger partial charge in [-0.05, 0) is 43.7 Å². The van der Waals surface area contributed by atoms with Gasteiger partial charge in [-0.25, -0.2) is 4.99 Å². The highest BCUT2D eigenvalue weighted by Gasteiger charge is 2.26. The summed E-state index contributed by atoms with van der Waals surface area (Å²) >= 11 is 0. The standard InChI is InChI=1S/C21H30N4O4/c1-5-22-20(24-15-21(2,27)18-10-7-11-28-18)23-13-16-8-6-9-17(12-16)29-14-19(26)25(3)4/h6-12,27H,5,13-15H2,1-4H3,(H2,22,23,24). The van der Waals surface area contributed by atoms with Crippen LogP contribution < -0.4 is 15.4 Å². The van der Waals surface area contributed by atoms with E-state index in [-0.39, 0.29) is 19.1 Å². The SMILES string of the molecule is CCNC(=NCc1cccc(OCC(=O)N(C)C)c1)NCC(C)(O)c1ccco1. The molecule has 8 heteroatoms. The van der Waals surface area contributed by atoms with Crippen LogP contribution in [0.15, 0.2) is 52.1 Å². The molecule has 0 radical (unpaired) electrons. The fourth-order valence-electron chi connectivity index (χ4n) is 2.45. The Kier molecular flexibility index (Phi) is 8.09. The summed E-state index contributed by atoms with van der Waals surface area (Å²) in [7, 11) is 3.38. The molecule has 1 heterocycles. The lowest BCUT2D eigenvalue weighted by Gasteiger charge is -2.22. The second kappa shape index (κ2) is 10.5. The maximum atomic E-state index is 11.7. The van der Waals surface area contributed by atoms with E-state index in [0.717, 1.165) is 5.56 Å². The molecule has 1 unspecified atom stereocenters. The number of amides is 1. The van der Waals surface area contributed by atoms with E-state index in [2.05, 4.69) is 15.6 Å². The molecule has 0 spiro atoms. The molecule has 1 aromatic carbocycles. The predicted octanol–water partition coefficient (Wildman–Crippen LogP) is 1.71. The summed E-state index contributed by atoms with van der Waals surface area (Å²) in [5, 5.41) is 16.9. The van der Waals surface area contributed by atoms with E-state index >= 15 is 0 Å². The number of benzene rings is 1. The average molecular weight is 402 g/mol. The number of ether oxygens (including phenoxy) is 1. The molecule has 1 aromatic heterocycles. The molecule has 1 amide bonds. The van der Waals surface area contributed by atoms with E-state index < -0.39 is 5.60 Å². The molecule has 2 aromatic rings. The van der Waals surface area contributed by atoms with Crippen molar-refractivity contribution < 1.29 is 19.1 Å². The Balaban J connectivity index is 1.97. The Bertz CT molecular complexity index is 801. The van der Waals surface area contributed by atoms with Crippen LogP contribution in [0, 0.1) is 0 Å². The van der Waals surface area contributed by atoms with Gasteiger partial charge in [-0.3, -0.25) is 4.79 Å². The molecule has 0 aliphatic carbocycles. The van der Waals surface area contributed by atoms with Gasteiger partial charge in [0.05, 0.1) is 19.4 Å².